The predicted molar refractivity (Wildman–Crippen MR) is 143 cm³/mol. The third kappa shape index (κ3) is 7.12. The van der Waals surface area contributed by atoms with Crippen LogP contribution < -0.4 is 20.1 Å². The molecule has 2 N–H and O–H groups in total. The Balaban J connectivity index is 1.45. The molecule has 1 amide bonds. The van der Waals surface area contributed by atoms with Gasteiger partial charge >= 0.3 is 0 Å². The molecule has 1 saturated heterocycles. The van der Waals surface area contributed by atoms with Crippen molar-refractivity contribution in [1.82, 2.24) is 15.6 Å². The topological polar surface area (TPSA) is 72.5 Å². The standard InChI is InChI=1S/C28H31Cl2N3O3/c1-35-26-5-3-22(17-27(26)36-15-10-20-2-4-23(29)18-24(20)30)28(34)33-25(21-8-13-32-14-9-21)16-19-6-11-31-12-7-19/h2-7,11-12,17-18,21,25,32H,8-10,13-16H2,1H3,(H,33,34). The minimum Gasteiger partial charge on any atom is -0.493 e. The molecule has 3 aromatic rings. The number of methoxy groups -OCH3 is 1. The monoisotopic (exact) mass is 527 g/mol. The molecule has 2 heterocycles. The average Bonchev–Trinajstić information content (AvgIpc) is 2.90. The van der Waals surface area contributed by atoms with E-state index >= 15 is 0 Å². The van der Waals surface area contributed by atoms with Gasteiger partial charge in [0.15, 0.2) is 11.5 Å². The lowest BCUT2D eigenvalue weighted by atomic mass is 9.86. The van der Waals surface area contributed by atoms with Gasteiger partial charge < -0.3 is 20.1 Å². The lowest BCUT2D eigenvalue weighted by Crippen LogP contribution is -2.45. The van der Waals surface area contributed by atoms with Crippen LogP contribution in [0.5, 0.6) is 11.5 Å². The zero-order valence-corrected chi connectivity index (χ0v) is 21.8. The van der Waals surface area contributed by atoms with Gasteiger partial charge in [0.2, 0.25) is 0 Å². The van der Waals surface area contributed by atoms with Gasteiger partial charge in [-0.3, -0.25) is 9.78 Å². The molecular formula is C28H31Cl2N3O3. The average molecular weight is 528 g/mol. The minimum atomic E-state index is -0.124. The van der Waals surface area contributed by atoms with Gasteiger partial charge in [0.05, 0.1) is 13.7 Å². The molecule has 0 aliphatic carbocycles. The number of amides is 1. The first-order valence-corrected chi connectivity index (χ1v) is 12.9. The zero-order valence-electron chi connectivity index (χ0n) is 20.3. The molecule has 1 aliphatic rings. The van der Waals surface area contributed by atoms with Crippen molar-refractivity contribution in [2.45, 2.75) is 31.7 Å². The number of carbonyl (C=O) groups excluding carboxylic acids is 1. The Morgan fingerprint density at radius 2 is 1.86 bits per heavy atom. The Morgan fingerprint density at radius 1 is 1.08 bits per heavy atom. The molecule has 0 spiro atoms. The van der Waals surface area contributed by atoms with Crippen LogP contribution in [0.15, 0.2) is 60.9 Å². The van der Waals surface area contributed by atoms with Crippen LogP contribution in [0, 0.1) is 5.92 Å². The number of rotatable bonds is 10. The van der Waals surface area contributed by atoms with Crippen molar-refractivity contribution in [2.75, 3.05) is 26.8 Å². The molecule has 1 fully saturated rings. The van der Waals surface area contributed by atoms with Gasteiger partial charge in [0.1, 0.15) is 0 Å². The summed E-state index contributed by atoms with van der Waals surface area (Å²) in [5.74, 6) is 1.37. The summed E-state index contributed by atoms with van der Waals surface area (Å²) in [7, 11) is 1.58. The summed E-state index contributed by atoms with van der Waals surface area (Å²) in [5.41, 5.74) is 2.63. The van der Waals surface area contributed by atoms with Crippen molar-refractivity contribution in [3.8, 4) is 11.5 Å². The maximum absolute atomic E-state index is 13.3. The lowest BCUT2D eigenvalue weighted by molar-refractivity contribution is 0.0914. The van der Waals surface area contributed by atoms with Crippen LogP contribution in [0.2, 0.25) is 10.0 Å². The third-order valence-corrected chi connectivity index (χ3v) is 7.13. The molecule has 0 bridgehead atoms. The first-order valence-electron chi connectivity index (χ1n) is 12.2. The van der Waals surface area contributed by atoms with E-state index in [-0.39, 0.29) is 11.9 Å². The summed E-state index contributed by atoms with van der Waals surface area (Å²) in [4.78, 5) is 17.5. The number of benzene rings is 2. The van der Waals surface area contributed by atoms with E-state index in [4.69, 9.17) is 32.7 Å². The number of nitrogens with zero attached hydrogens (tertiary/aromatic N) is 1. The van der Waals surface area contributed by atoms with Crippen LogP contribution in [0.4, 0.5) is 0 Å². The highest BCUT2D eigenvalue weighted by Crippen LogP contribution is 2.29. The number of aromatic nitrogens is 1. The normalized spacial score (nSPS) is 14.8. The van der Waals surface area contributed by atoms with E-state index in [0.29, 0.717) is 46.1 Å². The molecule has 36 heavy (non-hydrogen) atoms. The Bertz CT molecular complexity index is 1150. The fourth-order valence-electron chi connectivity index (χ4n) is 4.53. The number of carbonyl (C=O) groups is 1. The smallest absolute Gasteiger partial charge is 0.251 e. The quantitative estimate of drug-likeness (QED) is 0.371. The van der Waals surface area contributed by atoms with Crippen molar-refractivity contribution in [2.24, 2.45) is 5.92 Å². The highest BCUT2D eigenvalue weighted by Gasteiger charge is 2.26. The van der Waals surface area contributed by atoms with Gasteiger partial charge in [-0.15, -0.1) is 0 Å². The lowest BCUT2D eigenvalue weighted by Gasteiger charge is -2.31. The summed E-state index contributed by atoms with van der Waals surface area (Å²) < 4.78 is 11.5. The van der Waals surface area contributed by atoms with Gasteiger partial charge in [-0.05, 0) is 91.9 Å². The minimum absolute atomic E-state index is 0.0283. The van der Waals surface area contributed by atoms with Crippen molar-refractivity contribution < 1.29 is 14.3 Å². The van der Waals surface area contributed by atoms with Gasteiger partial charge in [-0.25, -0.2) is 0 Å². The second-order valence-electron chi connectivity index (χ2n) is 8.93. The number of pyridine rings is 1. The Hall–Kier alpha value is -2.80. The van der Waals surface area contributed by atoms with E-state index in [0.717, 1.165) is 43.5 Å². The van der Waals surface area contributed by atoms with Crippen molar-refractivity contribution >= 4 is 29.1 Å². The Morgan fingerprint density at radius 3 is 2.58 bits per heavy atom. The zero-order chi connectivity index (χ0) is 25.3. The van der Waals surface area contributed by atoms with Crippen LogP contribution in [-0.2, 0) is 12.8 Å². The summed E-state index contributed by atoms with van der Waals surface area (Å²) >= 11 is 12.3. The second kappa shape index (κ2) is 12.9. The first kappa shape index (κ1) is 26.3. The molecule has 8 heteroatoms. The van der Waals surface area contributed by atoms with Crippen LogP contribution in [0.1, 0.15) is 34.3 Å². The van der Waals surface area contributed by atoms with Crippen LogP contribution in [-0.4, -0.2) is 43.7 Å². The Labute approximate surface area is 222 Å². The third-order valence-electron chi connectivity index (χ3n) is 6.54. The molecule has 4 rings (SSSR count). The van der Waals surface area contributed by atoms with E-state index in [1.54, 1.807) is 49.8 Å². The van der Waals surface area contributed by atoms with Crippen LogP contribution in [0.3, 0.4) is 0 Å². The molecule has 1 aromatic heterocycles. The molecule has 0 saturated carbocycles. The van der Waals surface area contributed by atoms with Gasteiger partial charge in [0.25, 0.3) is 5.91 Å². The number of hydrogen-bond acceptors (Lipinski definition) is 5. The fraction of sp³-hybridized carbons (Fsp3) is 0.357. The second-order valence-corrected chi connectivity index (χ2v) is 9.77. The highest BCUT2D eigenvalue weighted by atomic mass is 35.5. The van der Waals surface area contributed by atoms with E-state index < -0.39 is 0 Å². The number of nitrogens with one attached hydrogen (secondary N) is 2. The number of halogens is 2. The van der Waals surface area contributed by atoms with Crippen LogP contribution >= 0.6 is 23.2 Å². The van der Waals surface area contributed by atoms with Crippen molar-refractivity contribution in [3.63, 3.8) is 0 Å². The summed E-state index contributed by atoms with van der Waals surface area (Å²) in [6.07, 6.45) is 7.00. The molecule has 1 unspecified atom stereocenters. The predicted octanol–water partition coefficient (Wildman–Crippen LogP) is 5.36. The molecule has 1 aliphatic heterocycles. The fourth-order valence-corrected chi connectivity index (χ4v) is 5.04. The summed E-state index contributed by atoms with van der Waals surface area (Å²) in [6, 6.07) is 14.7. The first-order chi connectivity index (χ1) is 17.5. The molecule has 1 atom stereocenters. The maximum atomic E-state index is 13.3. The van der Waals surface area contributed by atoms with Crippen molar-refractivity contribution in [3.05, 3.63) is 87.7 Å². The molecule has 190 valence electrons. The van der Waals surface area contributed by atoms with E-state index in [1.807, 2.05) is 18.2 Å². The molecule has 0 radical (unpaired) electrons. The van der Waals surface area contributed by atoms with Crippen molar-refractivity contribution in [1.29, 1.82) is 0 Å². The van der Waals surface area contributed by atoms with Gasteiger partial charge in [-0.2, -0.15) is 0 Å². The largest absolute Gasteiger partial charge is 0.493 e. The van der Waals surface area contributed by atoms with Gasteiger partial charge in [-0.1, -0.05) is 29.3 Å². The molecular weight excluding hydrogens is 497 g/mol. The number of hydrogen-bond donors (Lipinski definition) is 2. The van der Waals surface area contributed by atoms with Gasteiger partial charge in [0, 0.05) is 40.5 Å². The van der Waals surface area contributed by atoms with Crippen LogP contribution in [0.25, 0.3) is 0 Å². The van der Waals surface area contributed by atoms with E-state index in [2.05, 4.69) is 15.6 Å². The number of piperidine rings is 1. The molecule has 6 nitrogen and oxygen atoms in total. The summed E-state index contributed by atoms with van der Waals surface area (Å²) in [6.45, 7) is 2.31. The number of ether oxygens (including phenoxy) is 2. The maximum Gasteiger partial charge on any atom is 0.251 e. The summed E-state index contributed by atoms with van der Waals surface area (Å²) in [5, 5.41) is 7.90. The Kier molecular flexibility index (Phi) is 9.45. The highest BCUT2D eigenvalue weighted by molar-refractivity contribution is 6.35. The van der Waals surface area contributed by atoms with E-state index in [1.165, 1.54) is 0 Å². The SMILES string of the molecule is COc1ccc(C(=O)NC(Cc2ccncc2)C2CCNCC2)cc1OCCc1ccc(Cl)cc1Cl. The van der Waals surface area contributed by atoms with E-state index in [9.17, 15) is 4.79 Å². The molecule has 2 aromatic carbocycles.